The molecule has 0 spiro atoms. The number of ether oxygens (including phenoxy) is 1. The second-order valence-electron chi connectivity index (χ2n) is 5.10. The smallest absolute Gasteiger partial charge is 0.216 e. The van der Waals surface area contributed by atoms with Gasteiger partial charge in [0, 0.05) is 6.42 Å². The summed E-state index contributed by atoms with van der Waals surface area (Å²) in [7, 11) is 1.50. The summed E-state index contributed by atoms with van der Waals surface area (Å²) >= 11 is 5.23. The van der Waals surface area contributed by atoms with Crippen molar-refractivity contribution in [2.75, 3.05) is 7.11 Å². The molecule has 6 nitrogen and oxygen atoms in total. The van der Waals surface area contributed by atoms with E-state index in [0.717, 1.165) is 11.1 Å². The third-order valence-electron chi connectivity index (χ3n) is 3.45. The maximum Gasteiger partial charge on any atom is 0.216 e. The van der Waals surface area contributed by atoms with Crippen molar-refractivity contribution < 1.29 is 9.84 Å². The first-order chi connectivity index (χ1) is 11.7. The number of nitrogens with zero attached hydrogens (tertiary/aromatic N) is 3. The molecule has 0 amide bonds. The third-order valence-corrected chi connectivity index (χ3v) is 3.71. The van der Waals surface area contributed by atoms with E-state index < -0.39 is 0 Å². The highest BCUT2D eigenvalue weighted by Gasteiger charge is 2.06. The molecule has 0 radical (unpaired) electrons. The Bertz CT molecular complexity index is 916. The lowest BCUT2D eigenvalue weighted by atomic mass is 10.1. The summed E-state index contributed by atoms with van der Waals surface area (Å²) in [5, 5.41) is 21.2. The number of aromatic nitrogens is 3. The van der Waals surface area contributed by atoms with Crippen LogP contribution in [-0.4, -0.2) is 33.3 Å². The van der Waals surface area contributed by atoms with Gasteiger partial charge in [-0.05, 0) is 41.5 Å². The fourth-order valence-electron chi connectivity index (χ4n) is 2.25. The molecule has 3 rings (SSSR count). The van der Waals surface area contributed by atoms with Crippen molar-refractivity contribution in [1.82, 2.24) is 14.9 Å². The number of aromatic amines is 1. The minimum Gasteiger partial charge on any atom is -0.504 e. The number of H-pyrrole nitrogens is 1. The molecule has 0 atom stereocenters. The van der Waals surface area contributed by atoms with Crippen LogP contribution in [0.2, 0.25) is 0 Å². The number of benzene rings is 2. The zero-order valence-electron chi connectivity index (χ0n) is 13.0. The number of hydrogen-bond donors (Lipinski definition) is 2. The largest absolute Gasteiger partial charge is 0.504 e. The lowest BCUT2D eigenvalue weighted by Gasteiger charge is -2.04. The maximum absolute atomic E-state index is 9.82. The topological polar surface area (TPSA) is 75.4 Å². The monoisotopic (exact) mass is 340 g/mol. The van der Waals surface area contributed by atoms with Crippen LogP contribution in [0.15, 0.2) is 53.6 Å². The van der Waals surface area contributed by atoms with Crippen LogP contribution in [0.3, 0.4) is 0 Å². The molecule has 2 N–H and O–H groups in total. The van der Waals surface area contributed by atoms with Crippen LogP contribution in [0.5, 0.6) is 11.5 Å². The number of rotatable bonds is 5. The minimum atomic E-state index is 0.0572. The van der Waals surface area contributed by atoms with Crippen LogP contribution in [0.25, 0.3) is 0 Å². The van der Waals surface area contributed by atoms with Crippen molar-refractivity contribution in [2.24, 2.45) is 5.10 Å². The van der Waals surface area contributed by atoms with Crippen molar-refractivity contribution in [1.29, 1.82) is 0 Å². The van der Waals surface area contributed by atoms with Crippen molar-refractivity contribution in [3.8, 4) is 11.5 Å². The average molecular weight is 340 g/mol. The average Bonchev–Trinajstić information content (AvgIpc) is 2.94. The molecule has 7 heteroatoms. The Labute approximate surface area is 144 Å². The standard InChI is InChI=1S/C17H16N4O2S/c1-23-15-8-7-13(9-14(15)22)11-18-21-16(19-20-17(21)24)10-12-5-3-2-4-6-12/h2-9,11,22H,10H2,1H3,(H,20,24)/b18-11-. The van der Waals surface area contributed by atoms with Gasteiger partial charge in [0.15, 0.2) is 17.3 Å². The normalized spacial score (nSPS) is 11.0. The Morgan fingerprint density at radius 3 is 2.79 bits per heavy atom. The minimum absolute atomic E-state index is 0.0572. The number of aromatic hydroxyl groups is 1. The summed E-state index contributed by atoms with van der Waals surface area (Å²) < 4.78 is 7.01. The summed E-state index contributed by atoms with van der Waals surface area (Å²) in [6, 6.07) is 15.0. The lowest BCUT2D eigenvalue weighted by Crippen LogP contribution is -2.00. The molecule has 0 bridgehead atoms. The SMILES string of the molecule is COc1ccc(/C=N\n2c(Cc3ccccc3)n[nH]c2=S)cc1O. The molecule has 0 aliphatic rings. The highest BCUT2D eigenvalue weighted by Crippen LogP contribution is 2.25. The van der Waals surface area contributed by atoms with E-state index in [2.05, 4.69) is 15.3 Å². The molecule has 0 unspecified atom stereocenters. The lowest BCUT2D eigenvalue weighted by molar-refractivity contribution is 0.373. The first-order valence-electron chi connectivity index (χ1n) is 7.29. The molecular formula is C17H16N4O2S. The van der Waals surface area contributed by atoms with Crippen LogP contribution in [0.4, 0.5) is 0 Å². The molecular weight excluding hydrogens is 324 g/mol. The zero-order valence-corrected chi connectivity index (χ0v) is 13.8. The fraction of sp³-hybridized carbons (Fsp3) is 0.118. The number of nitrogens with one attached hydrogen (secondary N) is 1. The van der Waals surface area contributed by atoms with Gasteiger partial charge in [-0.25, -0.2) is 0 Å². The predicted molar refractivity (Wildman–Crippen MR) is 94.3 cm³/mol. The molecule has 0 fully saturated rings. The predicted octanol–water partition coefficient (Wildman–Crippen LogP) is 3.13. The van der Waals surface area contributed by atoms with Gasteiger partial charge in [-0.15, -0.1) is 0 Å². The summed E-state index contributed by atoms with van der Waals surface area (Å²) in [5.74, 6) is 1.18. The van der Waals surface area contributed by atoms with Crippen LogP contribution in [-0.2, 0) is 6.42 Å². The maximum atomic E-state index is 9.82. The summed E-state index contributed by atoms with van der Waals surface area (Å²) in [6.45, 7) is 0. The Morgan fingerprint density at radius 2 is 2.08 bits per heavy atom. The van der Waals surface area contributed by atoms with Crippen molar-refractivity contribution >= 4 is 18.4 Å². The van der Waals surface area contributed by atoms with E-state index >= 15 is 0 Å². The number of methoxy groups -OCH3 is 1. The van der Waals surface area contributed by atoms with Crippen LogP contribution >= 0.6 is 12.2 Å². The molecule has 0 aliphatic heterocycles. The first kappa shape index (κ1) is 15.9. The van der Waals surface area contributed by atoms with Gasteiger partial charge in [-0.2, -0.15) is 14.9 Å². The molecule has 0 aliphatic carbocycles. The van der Waals surface area contributed by atoms with Crippen LogP contribution in [0.1, 0.15) is 17.0 Å². The van der Waals surface area contributed by atoms with Gasteiger partial charge in [0.1, 0.15) is 0 Å². The molecule has 1 aromatic heterocycles. The highest BCUT2D eigenvalue weighted by atomic mass is 32.1. The van der Waals surface area contributed by atoms with Crippen LogP contribution < -0.4 is 4.74 Å². The molecule has 2 aromatic carbocycles. The molecule has 1 heterocycles. The highest BCUT2D eigenvalue weighted by molar-refractivity contribution is 7.71. The van der Waals surface area contributed by atoms with E-state index in [0.29, 0.717) is 22.8 Å². The van der Waals surface area contributed by atoms with Gasteiger partial charge in [0.25, 0.3) is 0 Å². The summed E-state index contributed by atoms with van der Waals surface area (Å²) in [5.41, 5.74) is 1.84. The van der Waals surface area contributed by atoms with E-state index in [9.17, 15) is 5.11 Å². The van der Waals surface area contributed by atoms with Crippen molar-refractivity contribution in [2.45, 2.75) is 6.42 Å². The second kappa shape index (κ2) is 7.10. The van der Waals surface area contributed by atoms with Crippen LogP contribution in [0, 0.1) is 4.77 Å². The van der Waals surface area contributed by atoms with Crippen molar-refractivity contribution in [3.05, 3.63) is 70.3 Å². The Morgan fingerprint density at radius 1 is 1.29 bits per heavy atom. The fourth-order valence-corrected chi connectivity index (χ4v) is 2.45. The van der Waals surface area contributed by atoms with Gasteiger partial charge in [0.05, 0.1) is 13.3 Å². The van der Waals surface area contributed by atoms with E-state index in [4.69, 9.17) is 17.0 Å². The molecule has 24 heavy (non-hydrogen) atoms. The van der Waals surface area contributed by atoms with E-state index in [-0.39, 0.29) is 5.75 Å². The molecule has 3 aromatic rings. The van der Waals surface area contributed by atoms with Gasteiger partial charge in [-0.1, -0.05) is 30.3 Å². The van der Waals surface area contributed by atoms with Gasteiger partial charge >= 0.3 is 0 Å². The quantitative estimate of drug-likeness (QED) is 0.553. The van der Waals surface area contributed by atoms with Gasteiger partial charge < -0.3 is 9.84 Å². The molecule has 0 saturated heterocycles. The van der Waals surface area contributed by atoms with E-state index in [1.54, 1.807) is 29.1 Å². The first-order valence-corrected chi connectivity index (χ1v) is 7.70. The Hall–Kier alpha value is -2.93. The summed E-state index contributed by atoms with van der Waals surface area (Å²) in [6.07, 6.45) is 2.22. The number of hydrogen-bond acceptors (Lipinski definition) is 5. The molecule has 122 valence electrons. The second-order valence-corrected chi connectivity index (χ2v) is 5.48. The molecule has 0 saturated carbocycles. The van der Waals surface area contributed by atoms with E-state index in [1.807, 2.05) is 30.3 Å². The Kier molecular flexibility index (Phi) is 4.72. The van der Waals surface area contributed by atoms with Gasteiger partial charge in [0.2, 0.25) is 4.77 Å². The van der Waals surface area contributed by atoms with Crippen molar-refractivity contribution in [3.63, 3.8) is 0 Å². The third kappa shape index (κ3) is 3.52. The number of phenols is 1. The van der Waals surface area contributed by atoms with E-state index in [1.165, 1.54) is 7.11 Å². The number of phenolic OH excluding ortho intramolecular Hbond substituents is 1. The van der Waals surface area contributed by atoms with Gasteiger partial charge in [-0.3, -0.25) is 5.10 Å². The zero-order chi connectivity index (χ0) is 16.9. The Balaban J connectivity index is 1.86. The summed E-state index contributed by atoms with van der Waals surface area (Å²) in [4.78, 5) is 0.